The van der Waals surface area contributed by atoms with Crippen LogP contribution < -0.4 is 5.32 Å². The Morgan fingerprint density at radius 2 is 2.30 bits per heavy atom. The van der Waals surface area contributed by atoms with Crippen molar-refractivity contribution in [1.82, 2.24) is 15.2 Å². The lowest BCUT2D eigenvalue weighted by Gasteiger charge is -2.08. The zero-order valence-electron chi connectivity index (χ0n) is 10.5. The van der Waals surface area contributed by atoms with Gasteiger partial charge in [-0.3, -0.25) is 4.79 Å². The smallest absolute Gasteiger partial charge is 0.275 e. The molecule has 0 aliphatic carbocycles. The molecule has 3 rings (SSSR count). The number of carbonyl (C=O) groups is 1. The van der Waals surface area contributed by atoms with E-state index >= 15 is 0 Å². The molecule has 20 heavy (non-hydrogen) atoms. The van der Waals surface area contributed by atoms with Crippen LogP contribution in [0.25, 0.3) is 11.5 Å². The van der Waals surface area contributed by atoms with E-state index in [1.165, 1.54) is 17.7 Å². The van der Waals surface area contributed by atoms with E-state index in [0.717, 1.165) is 11.1 Å². The van der Waals surface area contributed by atoms with Crippen LogP contribution in [0.15, 0.2) is 39.9 Å². The summed E-state index contributed by atoms with van der Waals surface area (Å²) in [5, 5.41) is 12.0. The standard InChI is InChI=1S/C13H10N4O2S/c1-8-2-3-9(13-17-15-6-19-13)4-10(8)16-12(18)11-5-20-7-14-11/h2-7H,1H3,(H,16,18). The highest BCUT2D eigenvalue weighted by atomic mass is 32.1. The van der Waals surface area contributed by atoms with Crippen LogP contribution in [0.1, 0.15) is 16.1 Å². The molecule has 0 saturated heterocycles. The van der Waals surface area contributed by atoms with E-state index in [0.29, 0.717) is 17.3 Å². The maximum atomic E-state index is 12.0. The molecule has 0 spiro atoms. The van der Waals surface area contributed by atoms with E-state index in [2.05, 4.69) is 20.5 Å². The van der Waals surface area contributed by atoms with Crippen LogP contribution >= 0.6 is 11.3 Å². The lowest BCUT2D eigenvalue weighted by Crippen LogP contribution is -2.13. The first-order valence-corrected chi connectivity index (χ1v) is 6.75. The van der Waals surface area contributed by atoms with Gasteiger partial charge in [-0.2, -0.15) is 0 Å². The van der Waals surface area contributed by atoms with Crippen LogP contribution in [-0.2, 0) is 0 Å². The van der Waals surface area contributed by atoms with Crippen molar-refractivity contribution >= 4 is 22.9 Å². The molecule has 0 radical (unpaired) electrons. The minimum absolute atomic E-state index is 0.239. The number of nitrogens with one attached hydrogen (secondary N) is 1. The molecule has 2 heterocycles. The van der Waals surface area contributed by atoms with Gasteiger partial charge < -0.3 is 9.73 Å². The molecule has 7 heteroatoms. The summed E-state index contributed by atoms with van der Waals surface area (Å²) in [5.74, 6) is 0.172. The molecule has 0 aliphatic rings. The van der Waals surface area contributed by atoms with Crippen LogP contribution in [-0.4, -0.2) is 21.1 Å². The fourth-order valence-corrected chi connectivity index (χ4v) is 2.23. The number of hydrogen-bond donors (Lipinski definition) is 1. The number of carbonyl (C=O) groups excluding carboxylic acids is 1. The van der Waals surface area contributed by atoms with Crippen molar-refractivity contribution in [2.24, 2.45) is 0 Å². The predicted molar refractivity (Wildman–Crippen MR) is 74.5 cm³/mol. The second kappa shape index (κ2) is 5.22. The molecular formula is C13H10N4O2S. The fourth-order valence-electron chi connectivity index (χ4n) is 1.70. The number of anilines is 1. The summed E-state index contributed by atoms with van der Waals surface area (Å²) < 4.78 is 5.15. The number of nitrogens with zero attached hydrogens (tertiary/aromatic N) is 3. The first-order valence-electron chi connectivity index (χ1n) is 5.81. The number of benzene rings is 1. The Kier molecular flexibility index (Phi) is 3.26. The normalized spacial score (nSPS) is 10.4. The third kappa shape index (κ3) is 2.43. The number of hydrogen-bond acceptors (Lipinski definition) is 6. The van der Waals surface area contributed by atoms with Gasteiger partial charge in [-0.1, -0.05) is 6.07 Å². The summed E-state index contributed by atoms with van der Waals surface area (Å²) >= 11 is 1.38. The summed E-state index contributed by atoms with van der Waals surface area (Å²) in [6.07, 6.45) is 1.27. The second-order valence-corrected chi connectivity index (χ2v) is 4.82. The Hall–Kier alpha value is -2.54. The van der Waals surface area contributed by atoms with E-state index < -0.39 is 0 Å². The minimum atomic E-state index is -0.239. The highest BCUT2D eigenvalue weighted by Crippen LogP contribution is 2.24. The van der Waals surface area contributed by atoms with Crippen molar-refractivity contribution in [3.8, 4) is 11.5 Å². The predicted octanol–water partition coefficient (Wildman–Crippen LogP) is 2.75. The molecule has 0 atom stereocenters. The molecule has 0 bridgehead atoms. The maximum absolute atomic E-state index is 12.0. The summed E-state index contributed by atoms with van der Waals surface area (Å²) in [5.41, 5.74) is 4.41. The molecule has 3 aromatic rings. The molecule has 1 N–H and O–H groups in total. The average Bonchev–Trinajstić information content (AvgIpc) is 3.14. The highest BCUT2D eigenvalue weighted by molar-refractivity contribution is 7.07. The third-order valence-electron chi connectivity index (χ3n) is 2.76. The van der Waals surface area contributed by atoms with Gasteiger partial charge in [-0.25, -0.2) is 4.98 Å². The molecule has 2 aromatic heterocycles. The Labute approximate surface area is 118 Å². The third-order valence-corrected chi connectivity index (χ3v) is 3.34. The van der Waals surface area contributed by atoms with Gasteiger partial charge in [0, 0.05) is 16.6 Å². The fraction of sp³-hybridized carbons (Fsp3) is 0.0769. The zero-order valence-corrected chi connectivity index (χ0v) is 11.3. The average molecular weight is 286 g/mol. The number of aromatic nitrogens is 3. The number of aryl methyl sites for hydroxylation is 1. The van der Waals surface area contributed by atoms with Gasteiger partial charge in [0.15, 0.2) is 0 Å². The van der Waals surface area contributed by atoms with Crippen LogP contribution in [0.4, 0.5) is 5.69 Å². The van der Waals surface area contributed by atoms with Crippen molar-refractivity contribution in [2.45, 2.75) is 6.92 Å². The highest BCUT2D eigenvalue weighted by Gasteiger charge is 2.11. The summed E-state index contributed by atoms with van der Waals surface area (Å²) in [6, 6.07) is 5.55. The van der Waals surface area contributed by atoms with Crippen LogP contribution in [0.3, 0.4) is 0 Å². The van der Waals surface area contributed by atoms with E-state index in [-0.39, 0.29) is 5.91 Å². The Morgan fingerprint density at radius 1 is 1.40 bits per heavy atom. The zero-order chi connectivity index (χ0) is 13.9. The maximum Gasteiger partial charge on any atom is 0.275 e. The Morgan fingerprint density at radius 3 is 3.00 bits per heavy atom. The monoisotopic (exact) mass is 286 g/mol. The SMILES string of the molecule is Cc1ccc(-c2nnco2)cc1NC(=O)c1cscn1. The molecule has 0 fully saturated rings. The van der Waals surface area contributed by atoms with Crippen molar-refractivity contribution in [2.75, 3.05) is 5.32 Å². The Balaban J connectivity index is 1.89. The van der Waals surface area contributed by atoms with Gasteiger partial charge in [-0.15, -0.1) is 21.5 Å². The summed E-state index contributed by atoms with van der Waals surface area (Å²) in [7, 11) is 0. The first-order chi connectivity index (χ1) is 9.74. The molecule has 100 valence electrons. The van der Waals surface area contributed by atoms with E-state index in [1.807, 2.05) is 19.1 Å². The molecule has 6 nitrogen and oxygen atoms in total. The molecule has 0 saturated carbocycles. The first kappa shape index (κ1) is 12.5. The van der Waals surface area contributed by atoms with E-state index in [4.69, 9.17) is 4.42 Å². The second-order valence-electron chi connectivity index (χ2n) is 4.10. The van der Waals surface area contributed by atoms with Gasteiger partial charge in [0.1, 0.15) is 5.69 Å². The molecular weight excluding hydrogens is 276 g/mol. The molecule has 0 unspecified atom stereocenters. The topological polar surface area (TPSA) is 80.9 Å². The van der Waals surface area contributed by atoms with Crippen LogP contribution in [0, 0.1) is 6.92 Å². The van der Waals surface area contributed by atoms with Crippen molar-refractivity contribution < 1.29 is 9.21 Å². The summed E-state index contributed by atoms with van der Waals surface area (Å²) in [4.78, 5) is 16.0. The quantitative estimate of drug-likeness (QED) is 0.800. The minimum Gasteiger partial charge on any atom is -0.423 e. The van der Waals surface area contributed by atoms with Gasteiger partial charge in [-0.05, 0) is 24.6 Å². The molecule has 0 aliphatic heterocycles. The van der Waals surface area contributed by atoms with E-state index in [9.17, 15) is 4.79 Å². The summed E-state index contributed by atoms with van der Waals surface area (Å²) in [6.45, 7) is 1.91. The number of thiazole rings is 1. The van der Waals surface area contributed by atoms with Crippen LogP contribution in [0.2, 0.25) is 0 Å². The van der Waals surface area contributed by atoms with Gasteiger partial charge in [0.05, 0.1) is 5.51 Å². The van der Waals surface area contributed by atoms with Crippen LogP contribution in [0.5, 0.6) is 0 Å². The number of amides is 1. The van der Waals surface area contributed by atoms with Crippen molar-refractivity contribution in [1.29, 1.82) is 0 Å². The largest absolute Gasteiger partial charge is 0.423 e. The van der Waals surface area contributed by atoms with Gasteiger partial charge >= 0.3 is 0 Å². The van der Waals surface area contributed by atoms with E-state index in [1.54, 1.807) is 17.0 Å². The lowest BCUT2D eigenvalue weighted by molar-refractivity contribution is 0.102. The lowest BCUT2D eigenvalue weighted by atomic mass is 10.1. The molecule has 1 amide bonds. The van der Waals surface area contributed by atoms with Gasteiger partial charge in [0.2, 0.25) is 12.3 Å². The van der Waals surface area contributed by atoms with Crippen molar-refractivity contribution in [3.63, 3.8) is 0 Å². The van der Waals surface area contributed by atoms with Crippen molar-refractivity contribution in [3.05, 3.63) is 46.7 Å². The molecule has 1 aromatic carbocycles. The Bertz CT molecular complexity index is 723. The number of rotatable bonds is 3. The van der Waals surface area contributed by atoms with Gasteiger partial charge in [0.25, 0.3) is 5.91 Å².